The van der Waals surface area contributed by atoms with Gasteiger partial charge in [0.1, 0.15) is 6.10 Å². The van der Waals surface area contributed by atoms with Crippen LogP contribution in [0.15, 0.2) is 42.5 Å². The Kier molecular flexibility index (Phi) is 3.02. The monoisotopic (exact) mass is 203 g/mol. The molecule has 78 valence electrons. The van der Waals surface area contributed by atoms with Crippen LogP contribution < -0.4 is 5.32 Å². The van der Waals surface area contributed by atoms with Gasteiger partial charge in [0.2, 0.25) is 0 Å². The number of hydrogen-bond acceptors (Lipinski definition) is 2. The SMILES string of the molecule is O=C(Nc1ccccc1)OC1CC=CC1. The fraction of sp³-hybridized carbons (Fsp3) is 0.250. The van der Waals surface area contributed by atoms with E-state index in [2.05, 4.69) is 5.32 Å². The van der Waals surface area contributed by atoms with Crippen molar-refractivity contribution >= 4 is 11.8 Å². The summed E-state index contributed by atoms with van der Waals surface area (Å²) in [6.07, 6.45) is 5.33. The zero-order chi connectivity index (χ0) is 10.5. The van der Waals surface area contributed by atoms with Crippen LogP contribution in [-0.4, -0.2) is 12.2 Å². The highest BCUT2D eigenvalue weighted by Crippen LogP contribution is 2.14. The first-order valence-corrected chi connectivity index (χ1v) is 5.02. The zero-order valence-electron chi connectivity index (χ0n) is 8.35. The minimum absolute atomic E-state index is 0.00807. The summed E-state index contributed by atoms with van der Waals surface area (Å²) in [4.78, 5) is 11.4. The molecule has 0 saturated carbocycles. The van der Waals surface area contributed by atoms with Gasteiger partial charge < -0.3 is 4.74 Å². The van der Waals surface area contributed by atoms with E-state index in [4.69, 9.17) is 4.74 Å². The van der Waals surface area contributed by atoms with Crippen LogP contribution in [0.3, 0.4) is 0 Å². The van der Waals surface area contributed by atoms with Crippen molar-refractivity contribution in [2.45, 2.75) is 18.9 Å². The second-order valence-corrected chi connectivity index (χ2v) is 3.46. The Morgan fingerprint density at radius 2 is 1.87 bits per heavy atom. The molecule has 1 aromatic carbocycles. The van der Waals surface area contributed by atoms with Gasteiger partial charge in [0.15, 0.2) is 0 Å². The zero-order valence-corrected chi connectivity index (χ0v) is 8.35. The molecule has 0 unspecified atom stereocenters. The lowest BCUT2D eigenvalue weighted by atomic mass is 10.3. The van der Waals surface area contributed by atoms with E-state index in [9.17, 15) is 4.79 Å². The Balaban J connectivity index is 1.82. The van der Waals surface area contributed by atoms with Crippen LogP contribution in [0.25, 0.3) is 0 Å². The summed E-state index contributed by atoms with van der Waals surface area (Å²) >= 11 is 0. The van der Waals surface area contributed by atoms with Crippen LogP contribution in [-0.2, 0) is 4.74 Å². The number of benzene rings is 1. The third-order valence-corrected chi connectivity index (χ3v) is 2.26. The van der Waals surface area contributed by atoms with Crippen molar-refractivity contribution in [3.05, 3.63) is 42.5 Å². The van der Waals surface area contributed by atoms with Crippen molar-refractivity contribution < 1.29 is 9.53 Å². The Morgan fingerprint density at radius 3 is 2.53 bits per heavy atom. The molecule has 0 fully saturated rings. The second kappa shape index (κ2) is 4.64. The Hall–Kier alpha value is -1.77. The highest BCUT2D eigenvalue weighted by Gasteiger charge is 2.14. The highest BCUT2D eigenvalue weighted by molar-refractivity contribution is 5.84. The molecule has 3 nitrogen and oxygen atoms in total. The summed E-state index contributed by atoms with van der Waals surface area (Å²) in [5.74, 6) is 0. The predicted octanol–water partition coefficient (Wildman–Crippen LogP) is 2.95. The summed E-state index contributed by atoms with van der Waals surface area (Å²) in [5, 5.41) is 2.68. The first kappa shape index (κ1) is 9.77. The molecule has 2 rings (SSSR count). The van der Waals surface area contributed by atoms with Gasteiger partial charge in [0.25, 0.3) is 0 Å². The van der Waals surface area contributed by atoms with E-state index in [0.717, 1.165) is 18.5 Å². The average molecular weight is 203 g/mol. The lowest BCUT2D eigenvalue weighted by Crippen LogP contribution is -2.20. The van der Waals surface area contributed by atoms with Gasteiger partial charge in [0.05, 0.1) is 0 Å². The third kappa shape index (κ3) is 2.84. The molecule has 0 heterocycles. The van der Waals surface area contributed by atoms with E-state index in [1.807, 2.05) is 42.5 Å². The smallest absolute Gasteiger partial charge is 0.411 e. The molecule has 1 aliphatic carbocycles. The Bertz CT molecular complexity index is 351. The summed E-state index contributed by atoms with van der Waals surface area (Å²) in [6, 6.07) is 9.29. The number of para-hydroxylation sites is 1. The van der Waals surface area contributed by atoms with E-state index in [1.165, 1.54) is 0 Å². The molecule has 1 N–H and O–H groups in total. The number of ether oxygens (including phenoxy) is 1. The maximum Gasteiger partial charge on any atom is 0.411 e. The molecular weight excluding hydrogens is 190 g/mol. The maximum absolute atomic E-state index is 11.4. The van der Waals surface area contributed by atoms with Crippen LogP contribution in [0.1, 0.15) is 12.8 Å². The molecule has 0 aromatic heterocycles. The van der Waals surface area contributed by atoms with Gasteiger partial charge in [-0.15, -0.1) is 0 Å². The van der Waals surface area contributed by atoms with Crippen LogP contribution in [0.2, 0.25) is 0 Å². The second-order valence-electron chi connectivity index (χ2n) is 3.46. The van der Waals surface area contributed by atoms with Gasteiger partial charge in [-0.25, -0.2) is 4.79 Å². The minimum atomic E-state index is -0.380. The lowest BCUT2D eigenvalue weighted by molar-refractivity contribution is 0.117. The van der Waals surface area contributed by atoms with Crippen molar-refractivity contribution in [3.8, 4) is 0 Å². The Labute approximate surface area is 88.8 Å². The minimum Gasteiger partial charge on any atom is -0.445 e. The molecule has 0 aliphatic heterocycles. The van der Waals surface area contributed by atoms with Gasteiger partial charge in [-0.05, 0) is 12.1 Å². The van der Waals surface area contributed by atoms with Crippen molar-refractivity contribution in [2.75, 3.05) is 5.32 Å². The quantitative estimate of drug-likeness (QED) is 0.750. The molecular formula is C12H13NO2. The summed E-state index contributed by atoms with van der Waals surface area (Å²) in [5.41, 5.74) is 0.758. The van der Waals surface area contributed by atoms with Crippen molar-refractivity contribution in [1.82, 2.24) is 0 Å². The van der Waals surface area contributed by atoms with Crippen LogP contribution >= 0.6 is 0 Å². The number of anilines is 1. The molecule has 1 amide bonds. The van der Waals surface area contributed by atoms with Crippen LogP contribution in [0, 0.1) is 0 Å². The van der Waals surface area contributed by atoms with E-state index >= 15 is 0 Å². The molecule has 0 bridgehead atoms. The fourth-order valence-electron chi connectivity index (χ4n) is 1.51. The fourth-order valence-corrected chi connectivity index (χ4v) is 1.51. The molecule has 15 heavy (non-hydrogen) atoms. The van der Waals surface area contributed by atoms with Gasteiger partial charge in [-0.2, -0.15) is 0 Å². The van der Waals surface area contributed by atoms with Crippen molar-refractivity contribution in [1.29, 1.82) is 0 Å². The average Bonchev–Trinajstić information content (AvgIpc) is 2.71. The normalized spacial score (nSPS) is 15.2. The molecule has 0 radical (unpaired) electrons. The molecule has 0 spiro atoms. The molecule has 0 atom stereocenters. The highest BCUT2D eigenvalue weighted by atomic mass is 16.6. The van der Waals surface area contributed by atoms with Gasteiger partial charge in [-0.3, -0.25) is 5.32 Å². The molecule has 1 aromatic rings. The van der Waals surface area contributed by atoms with Crippen LogP contribution in [0.4, 0.5) is 10.5 Å². The number of carbonyl (C=O) groups excluding carboxylic acids is 1. The van der Waals surface area contributed by atoms with Gasteiger partial charge in [0, 0.05) is 18.5 Å². The number of amides is 1. The van der Waals surface area contributed by atoms with E-state index < -0.39 is 0 Å². The van der Waals surface area contributed by atoms with Crippen molar-refractivity contribution in [2.24, 2.45) is 0 Å². The molecule has 0 saturated heterocycles. The standard InChI is InChI=1S/C12H13NO2/c14-12(15-11-8-4-5-9-11)13-10-6-2-1-3-7-10/h1-7,11H,8-9H2,(H,13,14). The molecule has 3 heteroatoms. The summed E-state index contributed by atoms with van der Waals surface area (Å²) in [6.45, 7) is 0. The first-order valence-electron chi connectivity index (χ1n) is 5.02. The third-order valence-electron chi connectivity index (χ3n) is 2.26. The number of nitrogens with one attached hydrogen (secondary N) is 1. The van der Waals surface area contributed by atoms with Gasteiger partial charge in [-0.1, -0.05) is 30.4 Å². The van der Waals surface area contributed by atoms with Crippen LogP contribution in [0.5, 0.6) is 0 Å². The maximum atomic E-state index is 11.4. The Morgan fingerprint density at radius 1 is 1.20 bits per heavy atom. The van der Waals surface area contributed by atoms with E-state index in [-0.39, 0.29) is 12.2 Å². The predicted molar refractivity (Wildman–Crippen MR) is 58.7 cm³/mol. The number of carbonyl (C=O) groups is 1. The summed E-state index contributed by atoms with van der Waals surface area (Å²) in [7, 11) is 0. The van der Waals surface area contributed by atoms with E-state index in [1.54, 1.807) is 0 Å². The summed E-state index contributed by atoms with van der Waals surface area (Å²) < 4.78 is 5.20. The van der Waals surface area contributed by atoms with E-state index in [0.29, 0.717) is 0 Å². The lowest BCUT2D eigenvalue weighted by Gasteiger charge is -2.12. The molecule has 1 aliphatic rings. The number of rotatable bonds is 2. The first-order chi connectivity index (χ1) is 7.34. The van der Waals surface area contributed by atoms with Crippen molar-refractivity contribution in [3.63, 3.8) is 0 Å². The van der Waals surface area contributed by atoms with Gasteiger partial charge >= 0.3 is 6.09 Å². The topological polar surface area (TPSA) is 38.3 Å². The largest absolute Gasteiger partial charge is 0.445 e. The number of hydrogen-bond donors (Lipinski definition) is 1.